The van der Waals surface area contributed by atoms with Crippen molar-refractivity contribution in [2.45, 2.75) is 0 Å². The summed E-state index contributed by atoms with van der Waals surface area (Å²) in [5, 5.41) is 0.746. The molecule has 86 valence electrons. The van der Waals surface area contributed by atoms with Crippen molar-refractivity contribution in [2.75, 3.05) is 5.73 Å². The van der Waals surface area contributed by atoms with Gasteiger partial charge in [0.2, 0.25) is 0 Å². The van der Waals surface area contributed by atoms with E-state index in [1.54, 1.807) is 24.4 Å². The highest BCUT2D eigenvalue weighted by atomic mass is 35.5. The van der Waals surface area contributed by atoms with Crippen molar-refractivity contribution in [1.82, 2.24) is 9.97 Å². The minimum Gasteiger partial charge on any atom is -0.412 e. The second-order valence-electron chi connectivity index (χ2n) is 2.84. The Bertz CT molecular complexity index is 518. The van der Waals surface area contributed by atoms with Crippen LogP contribution >= 0.6 is 12.4 Å². The molecule has 16 heavy (non-hydrogen) atoms. The standard InChI is InChI=1S/C9H8N4O.ClH.H2O/c10-7-6(8(11)14)4-5-2-1-3-12-9(5)13-7;;/h1-4H,(H2,11,14)(H2,10,12,13);1H;1H2. The van der Waals surface area contributed by atoms with E-state index in [0.29, 0.717) is 5.65 Å². The lowest BCUT2D eigenvalue weighted by atomic mass is 10.2. The fraction of sp³-hybridized carbons (Fsp3) is 0. The number of rotatable bonds is 1. The van der Waals surface area contributed by atoms with Crippen molar-refractivity contribution >= 4 is 35.2 Å². The van der Waals surface area contributed by atoms with Crippen LogP contribution < -0.4 is 11.5 Å². The maximum atomic E-state index is 10.9. The van der Waals surface area contributed by atoms with Crippen LogP contribution in [-0.4, -0.2) is 21.4 Å². The van der Waals surface area contributed by atoms with Gasteiger partial charge in [-0.2, -0.15) is 0 Å². The first-order chi connectivity index (χ1) is 6.68. The average molecular weight is 243 g/mol. The third-order valence-electron chi connectivity index (χ3n) is 1.88. The molecule has 0 aliphatic heterocycles. The molecule has 0 aliphatic rings. The molecule has 0 unspecified atom stereocenters. The number of fused-ring (bicyclic) bond motifs is 1. The molecular formula is C9H11ClN4O2. The van der Waals surface area contributed by atoms with Gasteiger partial charge >= 0.3 is 0 Å². The predicted octanol–water partition coefficient (Wildman–Crippen LogP) is -0.0920. The summed E-state index contributed by atoms with van der Waals surface area (Å²) in [4.78, 5) is 18.9. The van der Waals surface area contributed by atoms with Crippen LogP contribution in [0.1, 0.15) is 10.4 Å². The molecule has 0 aliphatic carbocycles. The molecule has 0 saturated heterocycles. The van der Waals surface area contributed by atoms with E-state index in [9.17, 15) is 4.79 Å². The zero-order valence-corrected chi connectivity index (χ0v) is 8.99. The molecule has 2 aromatic rings. The lowest BCUT2D eigenvalue weighted by Crippen LogP contribution is -2.14. The van der Waals surface area contributed by atoms with Gasteiger partial charge in [-0.15, -0.1) is 12.4 Å². The second kappa shape index (κ2) is 5.24. The number of hydrogen-bond donors (Lipinski definition) is 2. The summed E-state index contributed by atoms with van der Waals surface area (Å²) in [6.07, 6.45) is 1.61. The van der Waals surface area contributed by atoms with E-state index >= 15 is 0 Å². The van der Waals surface area contributed by atoms with Gasteiger partial charge in [-0.1, -0.05) is 0 Å². The molecule has 0 spiro atoms. The lowest BCUT2D eigenvalue weighted by Gasteiger charge is -2.02. The van der Waals surface area contributed by atoms with E-state index in [1.807, 2.05) is 0 Å². The second-order valence-corrected chi connectivity index (χ2v) is 2.84. The number of nitrogens with two attached hydrogens (primary N) is 2. The Morgan fingerprint density at radius 2 is 2.06 bits per heavy atom. The number of hydrogen-bond acceptors (Lipinski definition) is 4. The summed E-state index contributed by atoms with van der Waals surface area (Å²) < 4.78 is 0. The van der Waals surface area contributed by atoms with Gasteiger partial charge in [-0.3, -0.25) is 4.79 Å². The molecule has 0 aromatic carbocycles. The number of amides is 1. The van der Waals surface area contributed by atoms with Crippen molar-refractivity contribution in [3.63, 3.8) is 0 Å². The maximum Gasteiger partial charge on any atom is 0.252 e. The van der Waals surface area contributed by atoms with Gasteiger partial charge in [0.25, 0.3) is 5.91 Å². The Kier molecular flexibility index (Phi) is 4.61. The monoisotopic (exact) mass is 242 g/mol. The fourth-order valence-corrected chi connectivity index (χ4v) is 1.22. The SMILES string of the molecule is Cl.NC(=O)c1cc2cccnc2nc1N.O. The molecule has 2 heterocycles. The number of pyridine rings is 2. The number of primary amides is 1. The third kappa shape index (κ3) is 2.36. The summed E-state index contributed by atoms with van der Waals surface area (Å²) in [5.74, 6) is -0.468. The normalized spacial score (nSPS) is 9.00. The van der Waals surface area contributed by atoms with E-state index in [0.717, 1.165) is 5.39 Å². The van der Waals surface area contributed by atoms with Crippen LogP contribution in [0.2, 0.25) is 0 Å². The summed E-state index contributed by atoms with van der Waals surface area (Å²) in [6.45, 7) is 0. The van der Waals surface area contributed by atoms with Crippen LogP contribution in [0.3, 0.4) is 0 Å². The number of nitrogen functional groups attached to an aromatic ring is 1. The number of nitrogens with zero attached hydrogens (tertiary/aromatic N) is 2. The van der Waals surface area contributed by atoms with Crippen molar-refractivity contribution in [1.29, 1.82) is 0 Å². The highest BCUT2D eigenvalue weighted by Crippen LogP contribution is 2.15. The highest BCUT2D eigenvalue weighted by Gasteiger charge is 2.08. The molecule has 0 radical (unpaired) electrons. The first-order valence-corrected chi connectivity index (χ1v) is 3.99. The zero-order valence-electron chi connectivity index (χ0n) is 8.18. The van der Waals surface area contributed by atoms with Gasteiger partial charge in [0, 0.05) is 11.6 Å². The van der Waals surface area contributed by atoms with Gasteiger partial charge < -0.3 is 16.9 Å². The summed E-state index contributed by atoms with van der Waals surface area (Å²) >= 11 is 0. The van der Waals surface area contributed by atoms with Crippen molar-refractivity contribution in [3.8, 4) is 0 Å². The van der Waals surface area contributed by atoms with Crippen molar-refractivity contribution in [2.24, 2.45) is 5.73 Å². The molecule has 0 bridgehead atoms. The number of aromatic nitrogens is 2. The van der Waals surface area contributed by atoms with E-state index in [2.05, 4.69) is 9.97 Å². The van der Waals surface area contributed by atoms with Crippen LogP contribution in [0.5, 0.6) is 0 Å². The topological polar surface area (TPSA) is 126 Å². The predicted molar refractivity (Wildman–Crippen MR) is 63.3 cm³/mol. The molecule has 6 nitrogen and oxygen atoms in total. The first kappa shape index (κ1) is 14.1. The first-order valence-electron chi connectivity index (χ1n) is 3.99. The Morgan fingerprint density at radius 1 is 1.38 bits per heavy atom. The maximum absolute atomic E-state index is 10.9. The quantitative estimate of drug-likeness (QED) is 0.724. The number of anilines is 1. The summed E-state index contributed by atoms with van der Waals surface area (Å²) in [5.41, 5.74) is 11.4. The van der Waals surface area contributed by atoms with Crippen LogP contribution in [0.15, 0.2) is 24.4 Å². The molecule has 1 amide bonds. The molecule has 6 N–H and O–H groups in total. The molecule has 2 rings (SSSR count). The minimum absolute atomic E-state index is 0. The van der Waals surface area contributed by atoms with Gasteiger partial charge in [-0.25, -0.2) is 9.97 Å². The van der Waals surface area contributed by atoms with E-state index < -0.39 is 5.91 Å². The van der Waals surface area contributed by atoms with Gasteiger partial charge in [-0.05, 0) is 18.2 Å². The van der Waals surface area contributed by atoms with Crippen molar-refractivity contribution < 1.29 is 10.3 Å². The van der Waals surface area contributed by atoms with Gasteiger partial charge in [0.05, 0.1) is 5.56 Å². The average Bonchev–Trinajstić information content (AvgIpc) is 2.16. The van der Waals surface area contributed by atoms with Crippen LogP contribution in [0.25, 0.3) is 11.0 Å². The summed E-state index contributed by atoms with van der Waals surface area (Å²) in [6, 6.07) is 5.14. The molecule has 2 aromatic heterocycles. The Hall–Kier alpha value is -1.92. The number of carbonyl (C=O) groups excluding carboxylic acids is 1. The third-order valence-corrected chi connectivity index (χ3v) is 1.88. The van der Waals surface area contributed by atoms with Crippen LogP contribution in [0, 0.1) is 0 Å². The fourth-order valence-electron chi connectivity index (χ4n) is 1.22. The smallest absolute Gasteiger partial charge is 0.252 e. The minimum atomic E-state index is -0.583. The zero-order chi connectivity index (χ0) is 10.1. The number of carbonyl (C=O) groups is 1. The van der Waals surface area contributed by atoms with E-state index in [-0.39, 0.29) is 29.3 Å². The largest absolute Gasteiger partial charge is 0.412 e. The molecule has 7 heteroatoms. The Labute approximate surface area is 97.4 Å². The molecular weight excluding hydrogens is 232 g/mol. The Balaban J connectivity index is 0.00000112. The van der Waals surface area contributed by atoms with E-state index in [4.69, 9.17) is 11.5 Å². The summed E-state index contributed by atoms with van der Waals surface area (Å²) in [7, 11) is 0. The molecule has 0 fully saturated rings. The van der Waals surface area contributed by atoms with Crippen LogP contribution in [0.4, 0.5) is 5.82 Å². The molecule has 0 saturated carbocycles. The van der Waals surface area contributed by atoms with Crippen molar-refractivity contribution in [3.05, 3.63) is 30.0 Å². The van der Waals surface area contributed by atoms with Crippen LogP contribution in [-0.2, 0) is 0 Å². The lowest BCUT2D eigenvalue weighted by molar-refractivity contribution is 0.100. The van der Waals surface area contributed by atoms with E-state index in [1.165, 1.54) is 0 Å². The van der Waals surface area contributed by atoms with Gasteiger partial charge in [0.15, 0.2) is 5.65 Å². The highest BCUT2D eigenvalue weighted by molar-refractivity contribution is 6.00. The number of halogens is 1. The molecule has 0 atom stereocenters. The van der Waals surface area contributed by atoms with Gasteiger partial charge in [0.1, 0.15) is 5.82 Å². The Morgan fingerprint density at radius 3 is 2.69 bits per heavy atom.